The van der Waals surface area contributed by atoms with Crippen LogP contribution in [0.15, 0.2) is 30.3 Å². The SMILES string of the molecule is COc1cccc(C(=O)N2CCN(C(=O)C(C)n3nc(C)cc3C)CC2)c1. The minimum Gasteiger partial charge on any atom is -0.497 e. The maximum atomic E-state index is 12.8. The highest BCUT2D eigenvalue weighted by Gasteiger charge is 2.29. The Morgan fingerprint density at radius 1 is 1.07 bits per heavy atom. The molecular weight excluding hydrogens is 344 g/mol. The molecule has 0 bridgehead atoms. The number of ether oxygens (including phenoxy) is 1. The molecule has 1 aliphatic heterocycles. The number of aryl methyl sites for hydroxylation is 2. The summed E-state index contributed by atoms with van der Waals surface area (Å²) in [6.07, 6.45) is 0. The van der Waals surface area contributed by atoms with Crippen molar-refractivity contribution in [2.45, 2.75) is 26.8 Å². The van der Waals surface area contributed by atoms with Gasteiger partial charge in [-0.3, -0.25) is 14.3 Å². The van der Waals surface area contributed by atoms with Crippen LogP contribution in [0.1, 0.15) is 34.7 Å². The van der Waals surface area contributed by atoms with Gasteiger partial charge in [0.1, 0.15) is 11.8 Å². The predicted molar refractivity (Wildman–Crippen MR) is 102 cm³/mol. The van der Waals surface area contributed by atoms with E-state index in [1.807, 2.05) is 43.9 Å². The topological polar surface area (TPSA) is 67.7 Å². The average Bonchev–Trinajstić information content (AvgIpc) is 3.04. The quantitative estimate of drug-likeness (QED) is 0.826. The first-order valence-electron chi connectivity index (χ1n) is 9.15. The Morgan fingerprint density at radius 2 is 1.74 bits per heavy atom. The molecule has 1 aromatic heterocycles. The summed E-state index contributed by atoms with van der Waals surface area (Å²) in [6.45, 7) is 7.83. The van der Waals surface area contributed by atoms with E-state index in [9.17, 15) is 9.59 Å². The first kappa shape index (κ1) is 18.9. The number of amides is 2. The Morgan fingerprint density at radius 3 is 2.33 bits per heavy atom. The van der Waals surface area contributed by atoms with Gasteiger partial charge in [-0.1, -0.05) is 6.07 Å². The van der Waals surface area contributed by atoms with Crippen LogP contribution in [0.3, 0.4) is 0 Å². The third-order valence-electron chi connectivity index (χ3n) is 4.96. The van der Waals surface area contributed by atoms with Gasteiger partial charge in [-0.25, -0.2) is 0 Å². The highest BCUT2D eigenvalue weighted by Crippen LogP contribution is 2.18. The van der Waals surface area contributed by atoms with E-state index in [0.717, 1.165) is 11.4 Å². The minimum absolute atomic E-state index is 0.0346. The smallest absolute Gasteiger partial charge is 0.254 e. The zero-order valence-corrected chi connectivity index (χ0v) is 16.3. The fourth-order valence-electron chi connectivity index (χ4n) is 3.48. The monoisotopic (exact) mass is 370 g/mol. The zero-order chi connectivity index (χ0) is 19.6. The van der Waals surface area contributed by atoms with Crippen molar-refractivity contribution in [2.24, 2.45) is 0 Å². The van der Waals surface area contributed by atoms with Crippen molar-refractivity contribution in [1.29, 1.82) is 0 Å². The Balaban J connectivity index is 1.61. The van der Waals surface area contributed by atoms with Gasteiger partial charge in [0.2, 0.25) is 5.91 Å². The normalized spacial score (nSPS) is 15.6. The highest BCUT2D eigenvalue weighted by atomic mass is 16.5. The van der Waals surface area contributed by atoms with Crippen molar-refractivity contribution in [2.75, 3.05) is 33.3 Å². The van der Waals surface area contributed by atoms with Crippen molar-refractivity contribution in [3.63, 3.8) is 0 Å². The first-order valence-corrected chi connectivity index (χ1v) is 9.15. The van der Waals surface area contributed by atoms with Crippen LogP contribution in [-0.2, 0) is 4.79 Å². The van der Waals surface area contributed by atoms with Crippen molar-refractivity contribution >= 4 is 11.8 Å². The fraction of sp³-hybridized carbons (Fsp3) is 0.450. The molecule has 0 saturated carbocycles. The predicted octanol–water partition coefficient (Wildman–Crippen LogP) is 2.05. The van der Waals surface area contributed by atoms with Gasteiger partial charge >= 0.3 is 0 Å². The number of nitrogens with zero attached hydrogens (tertiary/aromatic N) is 4. The molecule has 1 fully saturated rings. The number of piperazine rings is 1. The van der Waals surface area contributed by atoms with Gasteiger partial charge in [-0.2, -0.15) is 5.10 Å². The molecule has 3 rings (SSSR count). The van der Waals surface area contributed by atoms with Crippen LogP contribution in [0, 0.1) is 13.8 Å². The average molecular weight is 370 g/mol. The number of carbonyl (C=O) groups is 2. The molecule has 2 heterocycles. The summed E-state index contributed by atoms with van der Waals surface area (Å²) in [4.78, 5) is 29.1. The van der Waals surface area contributed by atoms with E-state index in [1.54, 1.807) is 28.8 Å². The van der Waals surface area contributed by atoms with Crippen LogP contribution in [0.2, 0.25) is 0 Å². The molecule has 144 valence electrons. The molecule has 2 amide bonds. The second kappa shape index (κ2) is 7.82. The second-order valence-corrected chi connectivity index (χ2v) is 6.90. The van der Waals surface area contributed by atoms with Crippen LogP contribution < -0.4 is 4.74 Å². The molecule has 0 aliphatic carbocycles. The van der Waals surface area contributed by atoms with E-state index >= 15 is 0 Å². The van der Waals surface area contributed by atoms with Crippen molar-refractivity contribution < 1.29 is 14.3 Å². The molecule has 27 heavy (non-hydrogen) atoms. The van der Waals surface area contributed by atoms with Gasteiger partial charge in [0, 0.05) is 37.4 Å². The molecule has 0 spiro atoms. The van der Waals surface area contributed by atoms with Gasteiger partial charge in [-0.05, 0) is 45.0 Å². The molecule has 1 aliphatic rings. The Labute approximate surface area is 159 Å². The third-order valence-corrected chi connectivity index (χ3v) is 4.96. The summed E-state index contributed by atoms with van der Waals surface area (Å²) in [7, 11) is 1.58. The molecule has 1 unspecified atom stereocenters. The number of rotatable bonds is 4. The van der Waals surface area contributed by atoms with Gasteiger partial charge in [0.25, 0.3) is 5.91 Å². The van der Waals surface area contributed by atoms with Crippen LogP contribution >= 0.6 is 0 Å². The van der Waals surface area contributed by atoms with Crippen molar-refractivity contribution in [1.82, 2.24) is 19.6 Å². The molecule has 1 aromatic carbocycles. The lowest BCUT2D eigenvalue weighted by molar-refractivity contribution is -0.136. The minimum atomic E-state index is -0.348. The van der Waals surface area contributed by atoms with E-state index in [-0.39, 0.29) is 17.9 Å². The highest BCUT2D eigenvalue weighted by molar-refractivity contribution is 5.94. The molecule has 7 nitrogen and oxygen atoms in total. The number of methoxy groups -OCH3 is 1. The fourth-order valence-corrected chi connectivity index (χ4v) is 3.48. The summed E-state index contributed by atoms with van der Waals surface area (Å²) in [5, 5.41) is 4.42. The van der Waals surface area contributed by atoms with Crippen molar-refractivity contribution in [3.8, 4) is 5.75 Å². The lowest BCUT2D eigenvalue weighted by Gasteiger charge is -2.36. The van der Waals surface area contributed by atoms with Crippen molar-refractivity contribution in [3.05, 3.63) is 47.3 Å². The molecule has 1 atom stereocenters. The van der Waals surface area contributed by atoms with Gasteiger partial charge < -0.3 is 14.5 Å². The summed E-state index contributed by atoms with van der Waals surface area (Å²) in [5.41, 5.74) is 2.48. The van der Waals surface area contributed by atoms with E-state index in [1.165, 1.54) is 0 Å². The molecule has 1 saturated heterocycles. The van der Waals surface area contributed by atoms with Gasteiger partial charge in [-0.15, -0.1) is 0 Å². The number of carbonyl (C=O) groups excluding carboxylic acids is 2. The van der Waals surface area contributed by atoms with Crippen LogP contribution in [0.25, 0.3) is 0 Å². The van der Waals surface area contributed by atoms with Crippen LogP contribution in [0.4, 0.5) is 0 Å². The molecular formula is C20H26N4O3. The molecule has 2 aromatic rings. The van der Waals surface area contributed by atoms with Crippen LogP contribution in [-0.4, -0.2) is 64.7 Å². The van der Waals surface area contributed by atoms with E-state index in [4.69, 9.17) is 4.74 Å². The molecule has 0 N–H and O–H groups in total. The van der Waals surface area contributed by atoms with Crippen LogP contribution in [0.5, 0.6) is 5.75 Å². The van der Waals surface area contributed by atoms with E-state index in [0.29, 0.717) is 37.5 Å². The van der Waals surface area contributed by atoms with E-state index in [2.05, 4.69) is 5.10 Å². The largest absolute Gasteiger partial charge is 0.497 e. The number of benzene rings is 1. The molecule has 0 radical (unpaired) electrons. The summed E-state index contributed by atoms with van der Waals surface area (Å²) < 4.78 is 6.96. The third kappa shape index (κ3) is 3.97. The Hall–Kier alpha value is -2.83. The van der Waals surface area contributed by atoms with Gasteiger partial charge in [0.05, 0.1) is 12.8 Å². The van der Waals surface area contributed by atoms with Gasteiger partial charge in [0.15, 0.2) is 0 Å². The number of aromatic nitrogens is 2. The lowest BCUT2D eigenvalue weighted by atomic mass is 10.1. The zero-order valence-electron chi connectivity index (χ0n) is 16.3. The second-order valence-electron chi connectivity index (χ2n) is 6.90. The Kier molecular flexibility index (Phi) is 5.48. The summed E-state index contributed by atoms with van der Waals surface area (Å²) >= 11 is 0. The number of hydrogen-bond donors (Lipinski definition) is 0. The van der Waals surface area contributed by atoms with E-state index < -0.39 is 0 Å². The number of hydrogen-bond acceptors (Lipinski definition) is 4. The first-order chi connectivity index (χ1) is 12.9. The lowest BCUT2D eigenvalue weighted by Crippen LogP contribution is -2.52. The summed E-state index contributed by atoms with van der Waals surface area (Å²) in [6, 6.07) is 8.77. The summed E-state index contributed by atoms with van der Waals surface area (Å²) in [5.74, 6) is 0.663. The standard InChI is InChI=1S/C20H26N4O3/c1-14-12-15(2)24(21-14)16(3)19(25)22-8-10-23(11-9-22)20(26)17-6-5-7-18(13-17)27-4/h5-7,12-13,16H,8-11H2,1-4H3. The Bertz CT molecular complexity index is 838. The maximum Gasteiger partial charge on any atom is 0.254 e. The maximum absolute atomic E-state index is 12.8. The molecule has 7 heteroatoms.